The average molecular weight is 302 g/mol. The van der Waals surface area contributed by atoms with E-state index in [9.17, 15) is 9.18 Å². The van der Waals surface area contributed by atoms with Gasteiger partial charge in [0.2, 0.25) is 5.91 Å². The topological polar surface area (TPSA) is 29.1 Å². The van der Waals surface area contributed by atoms with Crippen LogP contribution in [0, 0.1) is 18.2 Å². The van der Waals surface area contributed by atoms with Gasteiger partial charge in [-0.3, -0.25) is 4.79 Å². The molecule has 4 heteroatoms. The quantitative estimate of drug-likeness (QED) is 0.887. The molecule has 0 aromatic heterocycles. The third-order valence-corrected chi connectivity index (χ3v) is 3.62. The molecule has 0 aliphatic heterocycles. The molecule has 2 nitrogen and oxygen atoms in total. The van der Waals surface area contributed by atoms with Gasteiger partial charge in [0.15, 0.2) is 0 Å². The van der Waals surface area contributed by atoms with E-state index >= 15 is 0 Å². The van der Waals surface area contributed by atoms with E-state index in [0.717, 1.165) is 12.0 Å². The Hall–Kier alpha value is -0.900. The number of hydrogen-bond acceptors (Lipinski definition) is 1. The number of rotatable bonds is 3. The van der Waals surface area contributed by atoms with Crippen LogP contribution in [0.1, 0.15) is 32.8 Å². The van der Waals surface area contributed by atoms with Crippen LogP contribution in [-0.2, 0) is 4.79 Å². The first kappa shape index (κ1) is 14.2. The smallest absolute Gasteiger partial charge is 0.230 e. The number of anilines is 1. The first-order valence-corrected chi connectivity index (χ1v) is 6.34. The van der Waals surface area contributed by atoms with Gasteiger partial charge < -0.3 is 5.32 Å². The first-order chi connectivity index (χ1) is 7.77. The Labute approximate surface area is 110 Å². The lowest BCUT2D eigenvalue weighted by Crippen LogP contribution is -2.30. The van der Waals surface area contributed by atoms with Gasteiger partial charge in [-0.1, -0.05) is 20.8 Å². The molecule has 1 aromatic rings. The average Bonchev–Trinajstić information content (AvgIpc) is 2.25. The lowest BCUT2D eigenvalue weighted by atomic mass is 9.89. The fraction of sp³-hybridized carbons (Fsp3) is 0.462. The molecule has 0 heterocycles. The van der Waals surface area contributed by atoms with Gasteiger partial charge in [0, 0.05) is 11.1 Å². The van der Waals surface area contributed by atoms with Crippen LogP contribution in [0.2, 0.25) is 0 Å². The van der Waals surface area contributed by atoms with Gasteiger partial charge in [0.25, 0.3) is 0 Å². The zero-order valence-electron chi connectivity index (χ0n) is 10.5. The third kappa shape index (κ3) is 3.28. The Morgan fingerprint density at radius 1 is 1.47 bits per heavy atom. The highest BCUT2D eigenvalue weighted by atomic mass is 79.9. The molecule has 1 amide bonds. The minimum absolute atomic E-state index is 0.0928. The van der Waals surface area contributed by atoms with Crippen molar-refractivity contribution in [3.8, 4) is 0 Å². The largest absolute Gasteiger partial charge is 0.325 e. The monoisotopic (exact) mass is 301 g/mol. The van der Waals surface area contributed by atoms with Crippen LogP contribution >= 0.6 is 15.9 Å². The molecule has 0 atom stereocenters. The van der Waals surface area contributed by atoms with Crippen LogP contribution in [0.25, 0.3) is 0 Å². The molecule has 0 fully saturated rings. The van der Waals surface area contributed by atoms with E-state index < -0.39 is 5.41 Å². The SMILES string of the molecule is CCC(C)(C)C(=O)Nc1cc(F)c(Br)cc1C. The second kappa shape index (κ2) is 5.17. The molecule has 0 saturated heterocycles. The minimum atomic E-state index is -0.448. The molecule has 94 valence electrons. The zero-order chi connectivity index (χ0) is 13.2. The summed E-state index contributed by atoms with van der Waals surface area (Å²) in [5.41, 5.74) is 0.909. The Morgan fingerprint density at radius 3 is 2.59 bits per heavy atom. The lowest BCUT2D eigenvalue weighted by molar-refractivity contribution is -0.124. The number of aryl methyl sites for hydroxylation is 1. The first-order valence-electron chi connectivity index (χ1n) is 5.55. The van der Waals surface area contributed by atoms with E-state index in [1.54, 1.807) is 6.07 Å². The van der Waals surface area contributed by atoms with Gasteiger partial charge in [-0.25, -0.2) is 4.39 Å². The standard InChI is InChI=1S/C13H17BrFNO/c1-5-13(3,4)12(17)16-11-7-10(15)9(14)6-8(11)2/h6-7H,5H2,1-4H3,(H,16,17). The predicted molar refractivity (Wildman–Crippen MR) is 71.5 cm³/mol. The van der Waals surface area contributed by atoms with Crippen molar-refractivity contribution in [1.82, 2.24) is 0 Å². The molecule has 0 unspecified atom stereocenters. The van der Waals surface area contributed by atoms with Crippen molar-refractivity contribution in [2.75, 3.05) is 5.32 Å². The molecule has 1 rings (SSSR count). The highest BCUT2D eigenvalue weighted by Gasteiger charge is 2.25. The van der Waals surface area contributed by atoms with Crippen molar-refractivity contribution in [2.24, 2.45) is 5.41 Å². The zero-order valence-corrected chi connectivity index (χ0v) is 12.1. The van der Waals surface area contributed by atoms with Crippen molar-refractivity contribution in [1.29, 1.82) is 0 Å². The van der Waals surface area contributed by atoms with E-state index in [1.165, 1.54) is 6.07 Å². The number of nitrogens with one attached hydrogen (secondary N) is 1. The maximum absolute atomic E-state index is 13.4. The van der Waals surface area contributed by atoms with E-state index in [-0.39, 0.29) is 11.7 Å². The Kier molecular flexibility index (Phi) is 4.31. The number of halogens is 2. The summed E-state index contributed by atoms with van der Waals surface area (Å²) in [6, 6.07) is 2.99. The van der Waals surface area contributed by atoms with E-state index in [4.69, 9.17) is 0 Å². The van der Waals surface area contributed by atoms with Crippen molar-refractivity contribution in [3.63, 3.8) is 0 Å². The predicted octanol–water partition coefficient (Wildman–Crippen LogP) is 4.27. The van der Waals surface area contributed by atoms with Crippen molar-refractivity contribution >= 4 is 27.5 Å². The van der Waals surface area contributed by atoms with Crippen LogP contribution in [0.4, 0.5) is 10.1 Å². The molecular formula is C13H17BrFNO. The van der Waals surface area contributed by atoms with Crippen LogP contribution in [0.3, 0.4) is 0 Å². The van der Waals surface area contributed by atoms with Crippen molar-refractivity contribution < 1.29 is 9.18 Å². The summed E-state index contributed by atoms with van der Waals surface area (Å²) in [4.78, 5) is 12.0. The Bertz CT molecular complexity index is 443. The molecule has 1 aromatic carbocycles. The molecule has 17 heavy (non-hydrogen) atoms. The molecule has 0 aliphatic rings. The van der Waals surface area contributed by atoms with Gasteiger partial charge >= 0.3 is 0 Å². The van der Waals surface area contributed by atoms with Crippen LogP contribution in [0.15, 0.2) is 16.6 Å². The number of carbonyl (C=O) groups excluding carboxylic acids is 1. The molecule has 0 aliphatic carbocycles. The summed E-state index contributed by atoms with van der Waals surface area (Å²) in [5.74, 6) is -0.468. The molecule has 1 N–H and O–H groups in total. The summed E-state index contributed by atoms with van der Waals surface area (Å²) < 4.78 is 13.8. The highest BCUT2D eigenvalue weighted by molar-refractivity contribution is 9.10. The number of hydrogen-bond donors (Lipinski definition) is 1. The van der Waals surface area contributed by atoms with Crippen LogP contribution in [-0.4, -0.2) is 5.91 Å². The molecular weight excluding hydrogens is 285 g/mol. The van der Waals surface area contributed by atoms with Crippen LogP contribution < -0.4 is 5.32 Å². The van der Waals surface area contributed by atoms with Gasteiger partial charge in [0.1, 0.15) is 5.82 Å². The van der Waals surface area contributed by atoms with Gasteiger partial charge in [-0.05, 0) is 47.0 Å². The van der Waals surface area contributed by atoms with Crippen molar-refractivity contribution in [3.05, 3.63) is 28.0 Å². The number of carbonyl (C=O) groups is 1. The summed E-state index contributed by atoms with van der Waals surface area (Å²) in [6.45, 7) is 7.52. The van der Waals surface area contributed by atoms with Gasteiger partial charge in [-0.15, -0.1) is 0 Å². The van der Waals surface area contributed by atoms with Gasteiger partial charge in [-0.2, -0.15) is 0 Å². The fourth-order valence-electron chi connectivity index (χ4n) is 1.23. The maximum Gasteiger partial charge on any atom is 0.230 e. The summed E-state index contributed by atoms with van der Waals surface area (Å²) in [7, 11) is 0. The Balaban J connectivity index is 2.97. The minimum Gasteiger partial charge on any atom is -0.325 e. The second-order valence-corrected chi connectivity index (χ2v) is 5.63. The summed E-state index contributed by atoms with van der Waals surface area (Å²) >= 11 is 3.11. The van der Waals surface area contributed by atoms with E-state index in [0.29, 0.717) is 10.2 Å². The van der Waals surface area contributed by atoms with E-state index in [2.05, 4.69) is 21.2 Å². The normalized spacial score (nSPS) is 11.4. The third-order valence-electron chi connectivity index (χ3n) is 3.01. The molecule has 0 radical (unpaired) electrons. The van der Waals surface area contributed by atoms with Crippen molar-refractivity contribution in [2.45, 2.75) is 34.1 Å². The molecule has 0 spiro atoms. The molecule has 0 saturated carbocycles. The summed E-state index contributed by atoms with van der Waals surface area (Å²) in [6.07, 6.45) is 0.733. The Morgan fingerprint density at radius 2 is 2.06 bits per heavy atom. The number of amides is 1. The number of benzene rings is 1. The highest BCUT2D eigenvalue weighted by Crippen LogP contribution is 2.27. The van der Waals surface area contributed by atoms with E-state index in [1.807, 2.05) is 27.7 Å². The molecule has 0 bridgehead atoms. The van der Waals surface area contributed by atoms with Crippen LogP contribution in [0.5, 0.6) is 0 Å². The maximum atomic E-state index is 13.4. The van der Waals surface area contributed by atoms with Gasteiger partial charge in [0.05, 0.1) is 4.47 Å². The summed E-state index contributed by atoms with van der Waals surface area (Å²) in [5, 5.41) is 2.77. The second-order valence-electron chi connectivity index (χ2n) is 4.77. The fourth-order valence-corrected chi connectivity index (χ4v) is 1.69. The lowest BCUT2D eigenvalue weighted by Gasteiger charge is -2.22.